The number of aromatic nitrogens is 2. The number of nitrogens with zero attached hydrogens (tertiary/aromatic N) is 3. The zero-order chi connectivity index (χ0) is 17.6. The first-order valence-corrected chi connectivity index (χ1v) is 9.93. The average Bonchev–Trinajstić information content (AvgIpc) is 3.01. The number of anilines is 1. The summed E-state index contributed by atoms with van der Waals surface area (Å²) in [4.78, 5) is 25.0. The number of carbonyl (C=O) groups excluding carboxylic acids is 1. The Kier molecular flexibility index (Phi) is 6.02. The molecule has 6 heteroatoms. The first kappa shape index (κ1) is 17.9. The fourth-order valence-corrected chi connectivity index (χ4v) is 4.37. The van der Waals surface area contributed by atoms with Gasteiger partial charge in [-0.15, -0.1) is 0 Å². The molecular weight excluding hydrogens is 332 g/mol. The van der Waals surface area contributed by atoms with Gasteiger partial charge in [-0.2, -0.15) is 0 Å². The molecule has 2 aromatic rings. The van der Waals surface area contributed by atoms with E-state index in [0.29, 0.717) is 12.6 Å². The molecule has 0 atom stereocenters. The Balaban J connectivity index is 1.85. The molecule has 0 saturated heterocycles. The topological polar surface area (TPSA) is 58.1 Å². The number of aryl methyl sites for hydroxylation is 1. The number of rotatable bonds is 6. The molecule has 1 saturated carbocycles. The highest BCUT2D eigenvalue weighted by Crippen LogP contribution is 2.29. The largest absolute Gasteiger partial charge is 0.362 e. The van der Waals surface area contributed by atoms with Gasteiger partial charge in [-0.3, -0.25) is 9.78 Å². The lowest BCUT2D eigenvalue weighted by Gasteiger charge is -2.34. The van der Waals surface area contributed by atoms with Crippen LogP contribution in [-0.4, -0.2) is 33.4 Å². The smallest absolute Gasteiger partial charge is 0.266 e. The highest BCUT2D eigenvalue weighted by Gasteiger charge is 2.29. The van der Waals surface area contributed by atoms with Crippen molar-refractivity contribution >= 4 is 22.4 Å². The second kappa shape index (κ2) is 8.43. The maximum absolute atomic E-state index is 13.3. The van der Waals surface area contributed by atoms with Crippen molar-refractivity contribution in [2.75, 3.05) is 11.9 Å². The fourth-order valence-electron chi connectivity index (χ4n) is 3.38. The normalized spacial score (nSPS) is 15.1. The minimum absolute atomic E-state index is 0.0942. The standard InChI is InChI=1S/C19H26N4OS/c1-3-20-19-22-14(2)17(25-19)18(24)23(16-10-5-4-6-11-16)13-15-9-7-8-12-21-15/h7-9,12,16H,3-6,10-11,13H2,1-2H3,(H,20,22). The molecule has 25 heavy (non-hydrogen) atoms. The molecule has 1 fully saturated rings. The van der Waals surface area contributed by atoms with E-state index in [2.05, 4.69) is 15.3 Å². The van der Waals surface area contributed by atoms with Crippen LogP contribution in [0.3, 0.4) is 0 Å². The van der Waals surface area contributed by atoms with Crippen molar-refractivity contribution in [2.45, 2.75) is 58.5 Å². The van der Waals surface area contributed by atoms with Gasteiger partial charge < -0.3 is 10.2 Å². The van der Waals surface area contributed by atoms with Crippen LogP contribution in [0.1, 0.15) is 60.1 Å². The van der Waals surface area contributed by atoms with E-state index in [9.17, 15) is 4.79 Å². The third-order valence-corrected chi connectivity index (χ3v) is 5.76. The van der Waals surface area contributed by atoms with Crippen LogP contribution >= 0.6 is 11.3 Å². The molecule has 2 heterocycles. The van der Waals surface area contributed by atoms with Crippen molar-refractivity contribution in [3.8, 4) is 0 Å². The van der Waals surface area contributed by atoms with Crippen molar-refractivity contribution < 1.29 is 4.79 Å². The van der Waals surface area contributed by atoms with E-state index in [1.54, 1.807) is 6.20 Å². The van der Waals surface area contributed by atoms with Crippen molar-refractivity contribution in [3.63, 3.8) is 0 Å². The lowest BCUT2D eigenvalue weighted by molar-refractivity contribution is 0.0615. The Labute approximate surface area is 153 Å². The first-order chi connectivity index (χ1) is 12.2. The summed E-state index contributed by atoms with van der Waals surface area (Å²) in [6, 6.07) is 6.18. The van der Waals surface area contributed by atoms with Gasteiger partial charge in [-0.1, -0.05) is 36.7 Å². The van der Waals surface area contributed by atoms with Gasteiger partial charge in [0.15, 0.2) is 5.13 Å². The van der Waals surface area contributed by atoms with Crippen LogP contribution in [0, 0.1) is 6.92 Å². The van der Waals surface area contributed by atoms with Crippen LogP contribution in [0.4, 0.5) is 5.13 Å². The first-order valence-electron chi connectivity index (χ1n) is 9.11. The van der Waals surface area contributed by atoms with E-state index in [4.69, 9.17) is 0 Å². The van der Waals surface area contributed by atoms with Crippen LogP contribution in [0.25, 0.3) is 0 Å². The minimum atomic E-state index is 0.0942. The van der Waals surface area contributed by atoms with Gasteiger partial charge >= 0.3 is 0 Å². The maximum atomic E-state index is 13.3. The number of carbonyl (C=O) groups is 1. The van der Waals surface area contributed by atoms with Gasteiger partial charge in [0.2, 0.25) is 0 Å². The van der Waals surface area contributed by atoms with E-state index in [1.165, 1.54) is 30.6 Å². The lowest BCUT2D eigenvalue weighted by Crippen LogP contribution is -2.41. The Hall–Kier alpha value is -1.95. The summed E-state index contributed by atoms with van der Waals surface area (Å²) in [5, 5.41) is 4.04. The third kappa shape index (κ3) is 4.37. The molecule has 1 aliphatic rings. The van der Waals surface area contributed by atoms with Gasteiger partial charge in [0.25, 0.3) is 5.91 Å². The quantitative estimate of drug-likeness (QED) is 0.838. The molecule has 1 amide bonds. The number of pyridine rings is 1. The number of hydrogen-bond donors (Lipinski definition) is 1. The van der Waals surface area contributed by atoms with Gasteiger partial charge in [-0.05, 0) is 38.8 Å². The maximum Gasteiger partial charge on any atom is 0.266 e. The summed E-state index contributed by atoms with van der Waals surface area (Å²) in [6.07, 6.45) is 7.61. The van der Waals surface area contributed by atoms with E-state index < -0.39 is 0 Å². The molecular formula is C19H26N4OS. The van der Waals surface area contributed by atoms with E-state index in [0.717, 1.165) is 40.8 Å². The monoisotopic (exact) mass is 358 g/mol. The average molecular weight is 359 g/mol. The zero-order valence-electron chi connectivity index (χ0n) is 15.0. The number of hydrogen-bond acceptors (Lipinski definition) is 5. The Morgan fingerprint density at radius 1 is 1.32 bits per heavy atom. The second-order valence-corrected chi connectivity index (χ2v) is 7.51. The van der Waals surface area contributed by atoms with Gasteiger partial charge in [0.05, 0.1) is 17.9 Å². The number of amides is 1. The molecule has 0 unspecified atom stereocenters. The molecule has 0 spiro atoms. The predicted molar refractivity (Wildman–Crippen MR) is 102 cm³/mol. The molecule has 2 aromatic heterocycles. The molecule has 0 bridgehead atoms. The highest BCUT2D eigenvalue weighted by molar-refractivity contribution is 7.17. The van der Waals surface area contributed by atoms with Gasteiger partial charge in [0.1, 0.15) is 4.88 Å². The summed E-state index contributed by atoms with van der Waals surface area (Å²) < 4.78 is 0. The Morgan fingerprint density at radius 2 is 2.12 bits per heavy atom. The van der Waals surface area contributed by atoms with Crippen LogP contribution in [0.2, 0.25) is 0 Å². The fraction of sp³-hybridized carbons (Fsp3) is 0.526. The molecule has 0 aromatic carbocycles. The zero-order valence-corrected chi connectivity index (χ0v) is 15.8. The van der Waals surface area contributed by atoms with E-state index in [-0.39, 0.29) is 5.91 Å². The second-order valence-electron chi connectivity index (χ2n) is 6.51. The predicted octanol–water partition coefficient (Wildman–Crippen LogP) is 4.25. The Bertz CT molecular complexity index is 695. The molecule has 1 N–H and O–H groups in total. The highest BCUT2D eigenvalue weighted by atomic mass is 32.1. The molecule has 3 rings (SSSR count). The number of nitrogens with one attached hydrogen (secondary N) is 1. The van der Waals surface area contributed by atoms with Crippen LogP contribution in [0.5, 0.6) is 0 Å². The number of thiazole rings is 1. The molecule has 134 valence electrons. The van der Waals surface area contributed by atoms with Crippen LogP contribution < -0.4 is 5.32 Å². The Morgan fingerprint density at radius 3 is 2.80 bits per heavy atom. The molecule has 0 aliphatic heterocycles. The molecule has 0 radical (unpaired) electrons. The molecule has 5 nitrogen and oxygen atoms in total. The summed E-state index contributed by atoms with van der Waals surface area (Å²) in [5.74, 6) is 0.0942. The summed E-state index contributed by atoms with van der Waals surface area (Å²) in [5.41, 5.74) is 1.75. The van der Waals surface area contributed by atoms with E-state index >= 15 is 0 Å². The van der Waals surface area contributed by atoms with Crippen molar-refractivity contribution in [2.24, 2.45) is 0 Å². The van der Waals surface area contributed by atoms with Crippen LogP contribution in [0.15, 0.2) is 24.4 Å². The van der Waals surface area contributed by atoms with Crippen molar-refractivity contribution in [1.29, 1.82) is 0 Å². The van der Waals surface area contributed by atoms with E-state index in [1.807, 2.05) is 36.9 Å². The summed E-state index contributed by atoms with van der Waals surface area (Å²) in [6.45, 7) is 5.33. The van der Waals surface area contributed by atoms with Crippen molar-refractivity contribution in [3.05, 3.63) is 40.7 Å². The minimum Gasteiger partial charge on any atom is -0.362 e. The summed E-state index contributed by atoms with van der Waals surface area (Å²) >= 11 is 1.46. The van der Waals surface area contributed by atoms with Gasteiger partial charge in [0, 0.05) is 18.8 Å². The van der Waals surface area contributed by atoms with Gasteiger partial charge in [-0.25, -0.2) is 4.98 Å². The summed E-state index contributed by atoms with van der Waals surface area (Å²) in [7, 11) is 0. The lowest BCUT2D eigenvalue weighted by atomic mass is 9.94. The molecule has 1 aliphatic carbocycles. The van der Waals surface area contributed by atoms with Crippen molar-refractivity contribution in [1.82, 2.24) is 14.9 Å². The third-order valence-electron chi connectivity index (χ3n) is 4.65. The SMILES string of the molecule is CCNc1nc(C)c(C(=O)N(Cc2ccccn2)C2CCCCC2)s1. The van der Waals surface area contributed by atoms with Crippen LogP contribution in [-0.2, 0) is 6.54 Å².